The molecule has 142 valence electrons. The number of nitrogens with one attached hydrogen (secondary N) is 1. The molecule has 28 heavy (non-hydrogen) atoms. The van der Waals surface area contributed by atoms with Crippen molar-refractivity contribution in [2.24, 2.45) is 0 Å². The Bertz CT molecular complexity index is 1160. The first-order chi connectivity index (χ1) is 13.4. The van der Waals surface area contributed by atoms with E-state index in [2.05, 4.69) is 15.4 Å². The number of halogens is 1. The smallest absolute Gasteiger partial charge is 0.247 e. The summed E-state index contributed by atoms with van der Waals surface area (Å²) in [7, 11) is 1.52. The van der Waals surface area contributed by atoms with E-state index in [-0.39, 0.29) is 5.82 Å². The summed E-state index contributed by atoms with van der Waals surface area (Å²) in [6.07, 6.45) is 1.86. The van der Waals surface area contributed by atoms with Crippen molar-refractivity contribution in [2.45, 2.75) is 13.8 Å². The molecule has 0 unspecified atom stereocenters. The van der Waals surface area contributed by atoms with E-state index in [1.54, 1.807) is 10.6 Å². The van der Waals surface area contributed by atoms with Gasteiger partial charge in [0, 0.05) is 17.8 Å². The maximum absolute atomic E-state index is 13.6. The van der Waals surface area contributed by atoms with Gasteiger partial charge >= 0.3 is 0 Å². The number of aromatic hydroxyl groups is 1. The lowest BCUT2D eigenvalue weighted by Crippen LogP contribution is -1.97. The van der Waals surface area contributed by atoms with E-state index < -0.39 is 0 Å². The summed E-state index contributed by atoms with van der Waals surface area (Å²) in [5, 5.41) is 17.4. The van der Waals surface area contributed by atoms with E-state index in [0.717, 1.165) is 22.3 Å². The predicted molar refractivity (Wildman–Crippen MR) is 106 cm³/mol. The van der Waals surface area contributed by atoms with Crippen molar-refractivity contribution >= 4 is 17.3 Å². The number of aryl methyl sites for hydroxylation is 2. The van der Waals surface area contributed by atoms with Gasteiger partial charge < -0.3 is 15.2 Å². The zero-order chi connectivity index (χ0) is 19.8. The van der Waals surface area contributed by atoms with Crippen molar-refractivity contribution in [1.82, 2.24) is 14.6 Å². The topological polar surface area (TPSA) is 71.7 Å². The number of ether oxygens (including phenoxy) is 1. The van der Waals surface area contributed by atoms with Crippen molar-refractivity contribution < 1.29 is 14.2 Å². The van der Waals surface area contributed by atoms with Gasteiger partial charge in [-0.1, -0.05) is 0 Å². The van der Waals surface area contributed by atoms with E-state index in [1.807, 2.05) is 44.3 Å². The number of fused-ring (bicyclic) bond motifs is 1. The Morgan fingerprint density at radius 2 is 1.79 bits per heavy atom. The molecule has 2 heterocycles. The number of benzene rings is 2. The molecular formula is C21H19FN4O2. The number of phenolic OH excluding ortho intramolecular Hbond substituents is 1. The van der Waals surface area contributed by atoms with E-state index >= 15 is 0 Å². The van der Waals surface area contributed by atoms with Crippen molar-refractivity contribution in [3.05, 3.63) is 65.6 Å². The first-order valence-corrected chi connectivity index (χ1v) is 8.72. The lowest BCUT2D eigenvalue weighted by atomic mass is 10.0. The molecule has 0 aliphatic heterocycles. The highest BCUT2D eigenvalue weighted by Gasteiger charge is 2.11. The highest BCUT2D eigenvalue weighted by Crippen LogP contribution is 2.30. The number of phenols is 1. The summed E-state index contributed by atoms with van der Waals surface area (Å²) in [5.74, 6) is 0.753. The van der Waals surface area contributed by atoms with Crippen LogP contribution in [0.3, 0.4) is 0 Å². The second-order valence-corrected chi connectivity index (χ2v) is 6.58. The number of hydrogen-bond donors (Lipinski definition) is 2. The van der Waals surface area contributed by atoms with Gasteiger partial charge in [0.1, 0.15) is 17.3 Å². The Hall–Kier alpha value is -3.61. The van der Waals surface area contributed by atoms with Crippen molar-refractivity contribution in [3.8, 4) is 22.6 Å². The molecule has 7 heteroatoms. The second kappa shape index (κ2) is 6.84. The quantitative estimate of drug-likeness (QED) is 0.543. The van der Waals surface area contributed by atoms with Crippen LogP contribution in [0.25, 0.3) is 16.8 Å². The number of methoxy groups -OCH3 is 1. The maximum Gasteiger partial charge on any atom is 0.247 e. The molecule has 4 rings (SSSR count). The molecule has 4 aromatic rings. The molecule has 0 bridgehead atoms. The van der Waals surface area contributed by atoms with E-state index in [0.29, 0.717) is 28.8 Å². The third kappa shape index (κ3) is 3.22. The minimum atomic E-state index is -0.382. The lowest BCUT2D eigenvalue weighted by molar-refractivity contribution is 0.415. The second-order valence-electron chi connectivity index (χ2n) is 6.58. The van der Waals surface area contributed by atoms with Crippen LogP contribution in [0.2, 0.25) is 0 Å². The van der Waals surface area contributed by atoms with Crippen LogP contribution in [-0.4, -0.2) is 26.8 Å². The molecule has 0 radical (unpaired) electrons. The lowest BCUT2D eigenvalue weighted by Gasteiger charge is -2.08. The van der Waals surface area contributed by atoms with Crippen LogP contribution >= 0.6 is 0 Å². The average molecular weight is 378 g/mol. The molecule has 0 atom stereocenters. The van der Waals surface area contributed by atoms with Gasteiger partial charge in [-0.05, 0) is 66.9 Å². The number of anilines is 2. The minimum Gasteiger partial charge on any atom is -0.507 e. The van der Waals surface area contributed by atoms with Crippen molar-refractivity contribution in [1.29, 1.82) is 0 Å². The van der Waals surface area contributed by atoms with Gasteiger partial charge in [-0.15, -0.1) is 5.10 Å². The van der Waals surface area contributed by atoms with Crippen LogP contribution in [0.4, 0.5) is 16.0 Å². The molecule has 2 aromatic heterocycles. The van der Waals surface area contributed by atoms with Crippen LogP contribution in [-0.2, 0) is 0 Å². The largest absolute Gasteiger partial charge is 0.507 e. The third-order valence-corrected chi connectivity index (χ3v) is 4.56. The zero-order valence-electron chi connectivity index (χ0n) is 15.7. The van der Waals surface area contributed by atoms with Crippen LogP contribution < -0.4 is 10.1 Å². The van der Waals surface area contributed by atoms with E-state index in [4.69, 9.17) is 4.74 Å². The summed E-state index contributed by atoms with van der Waals surface area (Å²) in [6, 6.07) is 11.9. The van der Waals surface area contributed by atoms with Crippen LogP contribution in [0.5, 0.6) is 11.5 Å². The average Bonchev–Trinajstić information content (AvgIpc) is 3.07. The maximum atomic E-state index is 13.6. The van der Waals surface area contributed by atoms with Crippen molar-refractivity contribution in [2.75, 3.05) is 12.4 Å². The molecule has 0 fully saturated rings. The van der Waals surface area contributed by atoms with Gasteiger partial charge in [0.25, 0.3) is 0 Å². The normalized spacial score (nSPS) is 11.0. The molecule has 0 spiro atoms. The fourth-order valence-electron chi connectivity index (χ4n) is 3.13. The monoisotopic (exact) mass is 378 g/mol. The van der Waals surface area contributed by atoms with Gasteiger partial charge in [-0.3, -0.25) is 0 Å². The Morgan fingerprint density at radius 1 is 1.04 bits per heavy atom. The Morgan fingerprint density at radius 3 is 2.50 bits per heavy atom. The summed E-state index contributed by atoms with van der Waals surface area (Å²) >= 11 is 0. The van der Waals surface area contributed by atoms with Gasteiger partial charge in [0.2, 0.25) is 5.95 Å². The summed E-state index contributed by atoms with van der Waals surface area (Å²) in [5.41, 5.74) is 4.64. The molecular weight excluding hydrogens is 359 g/mol. The molecule has 0 saturated heterocycles. The molecule has 0 amide bonds. The predicted octanol–water partition coefficient (Wildman–Crippen LogP) is 4.61. The highest BCUT2D eigenvalue weighted by molar-refractivity contribution is 5.69. The highest BCUT2D eigenvalue weighted by atomic mass is 19.1. The number of nitrogens with zero attached hydrogens (tertiary/aromatic N) is 3. The molecule has 2 N–H and O–H groups in total. The number of aromatic nitrogens is 3. The van der Waals surface area contributed by atoms with Crippen LogP contribution in [0.1, 0.15) is 11.1 Å². The van der Waals surface area contributed by atoms with Crippen molar-refractivity contribution in [3.63, 3.8) is 0 Å². The van der Waals surface area contributed by atoms with Gasteiger partial charge in [0.15, 0.2) is 5.65 Å². The Labute approximate surface area is 161 Å². The molecule has 0 aliphatic rings. The van der Waals surface area contributed by atoms with Gasteiger partial charge in [-0.25, -0.2) is 8.91 Å². The molecule has 2 aromatic carbocycles. The summed E-state index contributed by atoms with van der Waals surface area (Å²) < 4.78 is 20.5. The van der Waals surface area contributed by atoms with E-state index in [1.165, 1.54) is 19.2 Å². The first kappa shape index (κ1) is 17.8. The number of hydrogen-bond acceptors (Lipinski definition) is 5. The Balaban J connectivity index is 1.70. The zero-order valence-corrected chi connectivity index (χ0v) is 15.7. The molecule has 0 aliphatic carbocycles. The number of pyridine rings is 1. The molecule has 6 nitrogen and oxygen atoms in total. The SMILES string of the molecule is COc1ccc(F)cc1Nc1nc2ccc(-c3cc(C)c(O)c(C)c3)cn2n1. The Kier molecular flexibility index (Phi) is 4.35. The minimum absolute atomic E-state index is 0.307. The van der Waals surface area contributed by atoms with Crippen LogP contribution in [0, 0.1) is 19.7 Å². The van der Waals surface area contributed by atoms with E-state index in [9.17, 15) is 9.50 Å². The summed E-state index contributed by atoms with van der Waals surface area (Å²) in [4.78, 5) is 4.42. The van der Waals surface area contributed by atoms with Crippen LogP contribution in [0.15, 0.2) is 48.7 Å². The fraction of sp³-hybridized carbons (Fsp3) is 0.143. The summed E-state index contributed by atoms with van der Waals surface area (Å²) in [6.45, 7) is 3.74. The van der Waals surface area contributed by atoms with Gasteiger partial charge in [0.05, 0.1) is 12.8 Å². The fourth-order valence-corrected chi connectivity index (χ4v) is 3.13. The standard InChI is InChI=1S/C21H19FN4O2/c1-12-8-15(9-13(2)20(12)27)14-4-7-19-24-21(25-26(19)11-14)23-17-10-16(22)5-6-18(17)28-3/h4-11,27H,1-3H3,(H,23,25). The third-order valence-electron chi connectivity index (χ3n) is 4.56. The first-order valence-electron chi connectivity index (χ1n) is 8.72. The number of rotatable bonds is 4. The van der Waals surface area contributed by atoms with Gasteiger partial charge in [-0.2, -0.15) is 4.98 Å². The molecule has 0 saturated carbocycles.